The molecule has 184 valence electrons. The molecule has 1 atom stereocenters. The Hall–Kier alpha value is -4.26. The summed E-state index contributed by atoms with van der Waals surface area (Å²) in [4.78, 5) is 29.2. The number of aromatic hydroxyl groups is 1. The second-order valence-electron chi connectivity index (χ2n) is 8.95. The van der Waals surface area contributed by atoms with Crippen molar-refractivity contribution < 1.29 is 23.8 Å². The van der Waals surface area contributed by atoms with Crippen LogP contribution in [-0.4, -0.2) is 29.6 Å². The Balaban J connectivity index is 1.71. The molecule has 7 heteroatoms. The van der Waals surface area contributed by atoms with Crippen molar-refractivity contribution in [3.63, 3.8) is 0 Å². The van der Waals surface area contributed by atoms with Crippen LogP contribution < -0.4 is 14.9 Å². The van der Waals surface area contributed by atoms with Crippen LogP contribution in [0.5, 0.6) is 17.2 Å². The largest absolute Gasteiger partial charge is 0.504 e. The molecular formula is C29H27NO6. The summed E-state index contributed by atoms with van der Waals surface area (Å²) in [6.45, 7) is 6.30. The molecule has 0 spiro atoms. The molecule has 0 saturated carbocycles. The van der Waals surface area contributed by atoms with Gasteiger partial charge in [0.15, 0.2) is 16.9 Å². The molecule has 0 bridgehead atoms. The van der Waals surface area contributed by atoms with Gasteiger partial charge in [0, 0.05) is 6.54 Å². The minimum absolute atomic E-state index is 0.0107. The lowest BCUT2D eigenvalue weighted by Gasteiger charge is -2.26. The minimum Gasteiger partial charge on any atom is -0.504 e. The van der Waals surface area contributed by atoms with Crippen LogP contribution in [0, 0.1) is 13.8 Å². The number of carbonyl (C=O) groups excluding carboxylic acids is 1. The maximum absolute atomic E-state index is 13.8. The summed E-state index contributed by atoms with van der Waals surface area (Å²) in [5.74, 6) is 0.662. The van der Waals surface area contributed by atoms with Gasteiger partial charge in [0.25, 0.3) is 5.91 Å². The predicted octanol–water partition coefficient (Wildman–Crippen LogP) is 5.27. The van der Waals surface area contributed by atoms with E-state index in [1.54, 1.807) is 30.2 Å². The standard InChI is InChI=1S/C29H27NO6/c1-5-35-24-14-19(8-11-22(24)31)26-25-27(32)21-12-16(2)17(3)13-23(21)36-28(25)29(33)30(26)15-18-6-9-20(34-4)10-7-18/h6-14,26,31H,5,15H2,1-4H3. The van der Waals surface area contributed by atoms with Crippen molar-refractivity contribution in [1.29, 1.82) is 0 Å². The van der Waals surface area contributed by atoms with E-state index in [2.05, 4.69) is 0 Å². The number of aryl methyl sites for hydroxylation is 2. The fraction of sp³-hybridized carbons (Fsp3) is 0.241. The lowest BCUT2D eigenvalue weighted by Crippen LogP contribution is -2.29. The van der Waals surface area contributed by atoms with Gasteiger partial charge in [0.05, 0.1) is 30.7 Å². The predicted molar refractivity (Wildman–Crippen MR) is 136 cm³/mol. The zero-order valence-corrected chi connectivity index (χ0v) is 20.6. The third-order valence-corrected chi connectivity index (χ3v) is 6.69. The lowest BCUT2D eigenvalue weighted by atomic mass is 9.97. The number of methoxy groups -OCH3 is 1. The molecule has 1 aromatic heterocycles. The first kappa shape index (κ1) is 23.5. The number of phenols is 1. The van der Waals surface area contributed by atoms with E-state index in [-0.39, 0.29) is 40.7 Å². The van der Waals surface area contributed by atoms with E-state index < -0.39 is 6.04 Å². The van der Waals surface area contributed by atoms with Crippen LogP contribution in [0.2, 0.25) is 0 Å². The molecule has 36 heavy (non-hydrogen) atoms. The second-order valence-corrected chi connectivity index (χ2v) is 8.95. The maximum atomic E-state index is 13.8. The molecule has 5 rings (SSSR count). The molecule has 1 unspecified atom stereocenters. The highest BCUT2D eigenvalue weighted by Gasteiger charge is 2.43. The first-order valence-electron chi connectivity index (χ1n) is 11.8. The van der Waals surface area contributed by atoms with Crippen LogP contribution in [0.1, 0.15) is 51.3 Å². The molecule has 0 fully saturated rings. The highest BCUT2D eigenvalue weighted by molar-refractivity contribution is 5.99. The van der Waals surface area contributed by atoms with Gasteiger partial charge in [-0.15, -0.1) is 0 Å². The Morgan fingerprint density at radius 2 is 1.72 bits per heavy atom. The van der Waals surface area contributed by atoms with Crippen LogP contribution in [0.15, 0.2) is 63.8 Å². The zero-order chi connectivity index (χ0) is 25.6. The molecule has 4 aromatic rings. The van der Waals surface area contributed by atoms with Crippen molar-refractivity contribution in [2.75, 3.05) is 13.7 Å². The van der Waals surface area contributed by atoms with Crippen LogP contribution in [0.25, 0.3) is 11.0 Å². The van der Waals surface area contributed by atoms with E-state index in [1.807, 2.05) is 51.1 Å². The number of amides is 1. The molecule has 0 saturated heterocycles. The Morgan fingerprint density at radius 3 is 2.42 bits per heavy atom. The molecule has 0 radical (unpaired) electrons. The highest BCUT2D eigenvalue weighted by Crippen LogP contribution is 2.41. The second kappa shape index (κ2) is 9.07. The topological polar surface area (TPSA) is 89.2 Å². The number of ether oxygens (including phenoxy) is 2. The maximum Gasteiger partial charge on any atom is 0.291 e. The Kier molecular flexibility index (Phi) is 5.92. The van der Waals surface area contributed by atoms with Gasteiger partial charge in [-0.05, 0) is 79.4 Å². The monoisotopic (exact) mass is 485 g/mol. The number of carbonyl (C=O) groups is 1. The van der Waals surface area contributed by atoms with Crippen molar-refractivity contribution in [2.24, 2.45) is 0 Å². The third kappa shape index (κ3) is 3.86. The van der Waals surface area contributed by atoms with Crippen molar-refractivity contribution in [2.45, 2.75) is 33.4 Å². The van der Waals surface area contributed by atoms with Crippen molar-refractivity contribution in [3.05, 3.63) is 98.4 Å². The summed E-state index contributed by atoms with van der Waals surface area (Å²) in [7, 11) is 1.60. The van der Waals surface area contributed by atoms with Crippen molar-refractivity contribution in [3.8, 4) is 17.2 Å². The van der Waals surface area contributed by atoms with Crippen LogP contribution in [-0.2, 0) is 6.54 Å². The summed E-state index contributed by atoms with van der Waals surface area (Å²) in [5, 5.41) is 10.7. The normalized spacial score (nSPS) is 14.8. The molecule has 0 aliphatic carbocycles. The smallest absolute Gasteiger partial charge is 0.291 e. The van der Waals surface area contributed by atoms with Crippen LogP contribution in [0.4, 0.5) is 0 Å². The van der Waals surface area contributed by atoms with Crippen molar-refractivity contribution >= 4 is 16.9 Å². The Bertz CT molecular complexity index is 1540. The fourth-order valence-electron chi connectivity index (χ4n) is 4.68. The summed E-state index contributed by atoms with van der Waals surface area (Å²) in [6.07, 6.45) is 0. The first-order valence-corrected chi connectivity index (χ1v) is 11.8. The summed E-state index contributed by atoms with van der Waals surface area (Å²) in [6, 6.07) is 15.2. The van der Waals surface area contributed by atoms with Gasteiger partial charge >= 0.3 is 0 Å². The third-order valence-electron chi connectivity index (χ3n) is 6.69. The van der Waals surface area contributed by atoms with E-state index >= 15 is 0 Å². The Labute approximate surface area is 208 Å². The molecule has 2 heterocycles. The van der Waals surface area contributed by atoms with E-state index in [0.717, 1.165) is 16.7 Å². The lowest BCUT2D eigenvalue weighted by molar-refractivity contribution is 0.0714. The molecule has 1 N–H and O–H groups in total. The number of hydrogen-bond acceptors (Lipinski definition) is 6. The van der Waals surface area contributed by atoms with Crippen LogP contribution in [0.3, 0.4) is 0 Å². The summed E-state index contributed by atoms with van der Waals surface area (Å²) in [5.41, 5.74) is 3.90. The van der Waals surface area contributed by atoms with Gasteiger partial charge in [-0.2, -0.15) is 0 Å². The Morgan fingerprint density at radius 1 is 1.00 bits per heavy atom. The summed E-state index contributed by atoms with van der Waals surface area (Å²) < 4.78 is 16.9. The first-order chi connectivity index (χ1) is 17.3. The quantitative estimate of drug-likeness (QED) is 0.400. The molecular weight excluding hydrogens is 458 g/mol. The number of fused-ring (bicyclic) bond motifs is 2. The van der Waals surface area contributed by atoms with Gasteiger partial charge in [-0.3, -0.25) is 9.59 Å². The number of phenolic OH excluding ortho intramolecular Hbond substituents is 1. The van der Waals surface area contributed by atoms with Gasteiger partial charge in [0.1, 0.15) is 11.3 Å². The number of hydrogen-bond donors (Lipinski definition) is 1. The zero-order valence-electron chi connectivity index (χ0n) is 20.6. The van der Waals surface area contributed by atoms with Gasteiger partial charge in [-0.1, -0.05) is 18.2 Å². The van der Waals surface area contributed by atoms with Crippen molar-refractivity contribution in [1.82, 2.24) is 4.90 Å². The average Bonchev–Trinajstić information content (AvgIpc) is 3.14. The van der Waals surface area contributed by atoms with Gasteiger partial charge in [-0.25, -0.2) is 0 Å². The SMILES string of the molecule is CCOc1cc(C2c3c(oc4cc(C)c(C)cc4c3=O)C(=O)N2Cc2ccc(OC)cc2)ccc1O. The summed E-state index contributed by atoms with van der Waals surface area (Å²) >= 11 is 0. The molecule has 1 amide bonds. The number of nitrogens with zero attached hydrogens (tertiary/aromatic N) is 1. The van der Waals surface area contributed by atoms with E-state index in [0.29, 0.717) is 28.9 Å². The highest BCUT2D eigenvalue weighted by atomic mass is 16.5. The molecule has 1 aliphatic rings. The van der Waals surface area contributed by atoms with Gasteiger partial charge < -0.3 is 23.9 Å². The molecule has 3 aromatic carbocycles. The van der Waals surface area contributed by atoms with Gasteiger partial charge in [0.2, 0.25) is 5.76 Å². The van der Waals surface area contributed by atoms with E-state index in [4.69, 9.17) is 13.9 Å². The minimum atomic E-state index is -0.711. The number of rotatable bonds is 6. The van der Waals surface area contributed by atoms with Crippen LogP contribution >= 0.6 is 0 Å². The van der Waals surface area contributed by atoms with E-state index in [1.165, 1.54) is 6.07 Å². The molecule has 7 nitrogen and oxygen atoms in total. The van der Waals surface area contributed by atoms with E-state index in [9.17, 15) is 14.7 Å². The molecule has 1 aliphatic heterocycles. The average molecular weight is 486 g/mol. The fourth-order valence-corrected chi connectivity index (χ4v) is 4.68. The number of benzene rings is 3.